The van der Waals surface area contributed by atoms with Gasteiger partial charge in [0.2, 0.25) is 0 Å². The van der Waals surface area contributed by atoms with Gasteiger partial charge in [-0.2, -0.15) is 5.26 Å². The number of ether oxygens (including phenoxy) is 1. The molecular weight excluding hydrogens is 342 g/mol. The minimum absolute atomic E-state index is 0.307. The molecule has 1 heterocycles. The summed E-state index contributed by atoms with van der Waals surface area (Å²) in [5.41, 5.74) is 3.07. The molecule has 2 N–H and O–H groups in total. The van der Waals surface area contributed by atoms with Crippen molar-refractivity contribution in [3.63, 3.8) is 0 Å². The molecule has 27 heavy (non-hydrogen) atoms. The maximum atomic E-state index is 12.2. The Morgan fingerprint density at radius 3 is 2.89 bits per heavy atom. The summed E-state index contributed by atoms with van der Waals surface area (Å²) in [7, 11) is 1.51. The van der Waals surface area contributed by atoms with Crippen LogP contribution in [0.5, 0.6) is 5.75 Å². The fourth-order valence-electron chi connectivity index (χ4n) is 2.63. The van der Waals surface area contributed by atoms with Crippen molar-refractivity contribution in [3.05, 3.63) is 77.9 Å². The van der Waals surface area contributed by atoms with Gasteiger partial charge in [0.15, 0.2) is 0 Å². The predicted octanol–water partition coefficient (Wildman–Crippen LogP) is 3.13. The van der Waals surface area contributed by atoms with E-state index in [0.29, 0.717) is 30.1 Å². The number of nitrogens with zero attached hydrogens (tertiary/aromatic N) is 3. The molecule has 0 aliphatic rings. The van der Waals surface area contributed by atoms with Crippen LogP contribution < -0.4 is 15.4 Å². The molecule has 0 saturated carbocycles. The van der Waals surface area contributed by atoms with Gasteiger partial charge >= 0.3 is 6.03 Å². The summed E-state index contributed by atoms with van der Waals surface area (Å²) in [5, 5.41) is 14.6. The van der Waals surface area contributed by atoms with E-state index in [1.807, 2.05) is 35.0 Å². The van der Waals surface area contributed by atoms with Crippen molar-refractivity contribution in [2.24, 2.45) is 0 Å². The maximum Gasteiger partial charge on any atom is 0.319 e. The fourth-order valence-corrected chi connectivity index (χ4v) is 2.63. The van der Waals surface area contributed by atoms with E-state index >= 15 is 0 Å². The second-order valence-corrected chi connectivity index (χ2v) is 5.89. The molecule has 0 aliphatic carbocycles. The number of carbonyl (C=O) groups excluding carboxylic acids is 1. The molecule has 3 aromatic rings. The van der Waals surface area contributed by atoms with Crippen molar-refractivity contribution in [1.29, 1.82) is 5.26 Å². The molecule has 0 aliphatic heterocycles. The van der Waals surface area contributed by atoms with Gasteiger partial charge in [-0.1, -0.05) is 18.2 Å². The van der Waals surface area contributed by atoms with Crippen LogP contribution in [0.2, 0.25) is 0 Å². The number of benzene rings is 2. The smallest absolute Gasteiger partial charge is 0.319 e. The second-order valence-electron chi connectivity index (χ2n) is 5.89. The van der Waals surface area contributed by atoms with Gasteiger partial charge in [0.25, 0.3) is 0 Å². The molecule has 0 spiro atoms. The highest BCUT2D eigenvalue weighted by Gasteiger charge is 2.06. The van der Waals surface area contributed by atoms with Crippen LogP contribution in [0.3, 0.4) is 0 Å². The Morgan fingerprint density at radius 1 is 1.26 bits per heavy atom. The molecule has 3 rings (SSSR count). The number of amides is 2. The van der Waals surface area contributed by atoms with Gasteiger partial charge < -0.3 is 19.9 Å². The zero-order valence-electron chi connectivity index (χ0n) is 14.8. The van der Waals surface area contributed by atoms with Crippen molar-refractivity contribution in [3.8, 4) is 11.8 Å². The first-order valence-corrected chi connectivity index (χ1v) is 8.34. The van der Waals surface area contributed by atoms with Crippen molar-refractivity contribution in [1.82, 2.24) is 14.9 Å². The summed E-state index contributed by atoms with van der Waals surface area (Å²) in [4.78, 5) is 16.2. The predicted molar refractivity (Wildman–Crippen MR) is 101 cm³/mol. The molecule has 0 saturated heterocycles. The highest BCUT2D eigenvalue weighted by molar-refractivity contribution is 5.89. The monoisotopic (exact) mass is 361 g/mol. The average Bonchev–Trinajstić information content (AvgIpc) is 3.19. The van der Waals surface area contributed by atoms with Crippen LogP contribution >= 0.6 is 0 Å². The van der Waals surface area contributed by atoms with Gasteiger partial charge in [0.05, 0.1) is 19.0 Å². The molecule has 0 bridgehead atoms. The number of aromatic nitrogens is 2. The lowest BCUT2D eigenvalue weighted by Crippen LogP contribution is -2.28. The fraction of sp³-hybridized carbons (Fsp3) is 0.150. The largest absolute Gasteiger partial charge is 0.495 e. The molecule has 7 nitrogen and oxygen atoms in total. The van der Waals surface area contributed by atoms with Crippen molar-refractivity contribution in [2.45, 2.75) is 13.1 Å². The quantitative estimate of drug-likeness (QED) is 0.705. The molecule has 0 atom stereocenters. The maximum absolute atomic E-state index is 12.2. The summed E-state index contributed by atoms with van der Waals surface area (Å²) in [5.74, 6) is 0.490. The molecule has 0 unspecified atom stereocenters. The molecule has 0 fully saturated rings. The molecule has 0 radical (unpaired) electrons. The number of imidazole rings is 1. The Bertz CT molecular complexity index is 961. The highest BCUT2D eigenvalue weighted by Crippen LogP contribution is 2.19. The third-order valence-electron chi connectivity index (χ3n) is 3.95. The standard InChI is InChI=1S/C20H19N5O2/c1-27-19-10-15(5-6-17(19)11-21)12-23-20(26)24-18-4-2-3-16(9-18)13-25-8-7-22-14-25/h2-10,14H,12-13H2,1H3,(H2,23,24,26). The number of nitrogens with one attached hydrogen (secondary N) is 2. The summed E-state index contributed by atoms with van der Waals surface area (Å²) in [6.45, 7) is 1.00. The van der Waals surface area contributed by atoms with Gasteiger partial charge in [-0.3, -0.25) is 0 Å². The summed E-state index contributed by atoms with van der Waals surface area (Å²) in [6, 6.07) is 14.6. The average molecular weight is 361 g/mol. The van der Waals surface area contributed by atoms with E-state index in [2.05, 4.69) is 21.7 Å². The number of hydrogen-bond acceptors (Lipinski definition) is 4. The lowest BCUT2D eigenvalue weighted by atomic mass is 10.1. The zero-order valence-corrected chi connectivity index (χ0v) is 14.8. The Hall–Kier alpha value is -3.79. The SMILES string of the molecule is COc1cc(CNC(=O)Nc2cccc(Cn3ccnc3)c2)ccc1C#N. The van der Waals surface area contributed by atoms with Crippen LogP contribution in [-0.2, 0) is 13.1 Å². The Balaban J connectivity index is 1.57. The number of hydrogen-bond donors (Lipinski definition) is 2. The second kappa shape index (κ2) is 8.54. The van der Waals surface area contributed by atoms with Gasteiger partial charge in [0, 0.05) is 31.2 Å². The van der Waals surface area contributed by atoms with E-state index in [-0.39, 0.29) is 6.03 Å². The summed E-state index contributed by atoms with van der Waals surface area (Å²) < 4.78 is 7.13. The van der Waals surface area contributed by atoms with Crippen LogP contribution in [0.15, 0.2) is 61.2 Å². The molecule has 7 heteroatoms. The number of methoxy groups -OCH3 is 1. The highest BCUT2D eigenvalue weighted by atomic mass is 16.5. The van der Waals surface area contributed by atoms with E-state index in [4.69, 9.17) is 10.00 Å². The van der Waals surface area contributed by atoms with Gasteiger partial charge in [0.1, 0.15) is 11.8 Å². The van der Waals surface area contributed by atoms with E-state index in [0.717, 1.165) is 11.1 Å². The van der Waals surface area contributed by atoms with Crippen LogP contribution in [0.4, 0.5) is 10.5 Å². The lowest BCUT2D eigenvalue weighted by molar-refractivity contribution is 0.251. The summed E-state index contributed by atoms with van der Waals surface area (Å²) >= 11 is 0. The molecule has 1 aromatic heterocycles. The van der Waals surface area contributed by atoms with Crippen LogP contribution in [0.1, 0.15) is 16.7 Å². The van der Waals surface area contributed by atoms with Crippen molar-refractivity contribution in [2.75, 3.05) is 12.4 Å². The van der Waals surface area contributed by atoms with E-state index in [9.17, 15) is 4.79 Å². The molecule has 2 aromatic carbocycles. The zero-order chi connectivity index (χ0) is 19.1. The molecule has 136 valence electrons. The summed E-state index contributed by atoms with van der Waals surface area (Å²) in [6.07, 6.45) is 5.37. The van der Waals surface area contributed by atoms with Gasteiger partial charge in [-0.25, -0.2) is 9.78 Å². The topological polar surface area (TPSA) is 92.0 Å². The van der Waals surface area contributed by atoms with Crippen molar-refractivity contribution >= 4 is 11.7 Å². The van der Waals surface area contributed by atoms with Crippen LogP contribution in [0, 0.1) is 11.3 Å². The van der Waals surface area contributed by atoms with E-state index in [1.54, 1.807) is 30.7 Å². The van der Waals surface area contributed by atoms with Gasteiger partial charge in [-0.15, -0.1) is 0 Å². The van der Waals surface area contributed by atoms with Crippen LogP contribution in [-0.4, -0.2) is 22.7 Å². The molecular formula is C20H19N5O2. The first-order valence-electron chi connectivity index (χ1n) is 8.34. The minimum atomic E-state index is -0.307. The Labute approximate surface area is 157 Å². The normalized spacial score (nSPS) is 10.1. The number of carbonyl (C=O) groups is 1. The minimum Gasteiger partial charge on any atom is -0.495 e. The van der Waals surface area contributed by atoms with Gasteiger partial charge in [-0.05, 0) is 35.4 Å². The Morgan fingerprint density at radius 2 is 2.15 bits per heavy atom. The first-order chi connectivity index (χ1) is 13.2. The Kier molecular flexibility index (Phi) is 5.70. The van der Waals surface area contributed by atoms with Crippen molar-refractivity contribution < 1.29 is 9.53 Å². The lowest BCUT2D eigenvalue weighted by Gasteiger charge is -2.10. The number of nitriles is 1. The number of rotatable bonds is 6. The number of urea groups is 1. The third-order valence-corrected chi connectivity index (χ3v) is 3.95. The van der Waals surface area contributed by atoms with Crippen LogP contribution in [0.25, 0.3) is 0 Å². The van der Waals surface area contributed by atoms with E-state index < -0.39 is 0 Å². The molecule has 2 amide bonds. The van der Waals surface area contributed by atoms with E-state index in [1.165, 1.54) is 7.11 Å². The third kappa shape index (κ3) is 4.86. The number of anilines is 1. The first kappa shape index (κ1) is 18.0.